The van der Waals surface area contributed by atoms with Crippen LogP contribution in [0.2, 0.25) is 0 Å². The molecule has 0 saturated carbocycles. The molecular formula is C11H17NOS. The molecule has 0 radical (unpaired) electrons. The first-order valence-corrected chi connectivity index (χ1v) is 6.12. The molecule has 3 heteroatoms. The molecule has 0 unspecified atom stereocenters. The van der Waals surface area contributed by atoms with E-state index in [9.17, 15) is 0 Å². The molecule has 1 aromatic carbocycles. The molecule has 2 nitrogen and oxygen atoms in total. The maximum atomic E-state index is 5.77. The van der Waals surface area contributed by atoms with E-state index in [0.717, 1.165) is 35.8 Å². The van der Waals surface area contributed by atoms with Gasteiger partial charge in [-0.3, -0.25) is 0 Å². The van der Waals surface area contributed by atoms with Gasteiger partial charge in [-0.2, -0.15) is 11.8 Å². The molecule has 2 N–H and O–H groups in total. The molecule has 1 aromatic rings. The molecule has 78 valence electrons. The molecule has 0 atom stereocenters. The maximum Gasteiger partial charge on any atom is 0.124 e. The normalized spacial score (nSPS) is 10.1. The van der Waals surface area contributed by atoms with Crippen LogP contribution >= 0.6 is 11.8 Å². The van der Waals surface area contributed by atoms with Crippen LogP contribution in [0.4, 0.5) is 5.69 Å². The van der Waals surface area contributed by atoms with E-state index in [1.165, 1.54) is 0 Å². The predicted octanol–water partition coefficient (Wildman–Crippen LogP) is 2.71. The monoisotopic (exact) mass is 211 g/mol. The largest absolute Gasteiger partial charge is 0.493 e. The summed E-state index contributed by atoms with van der Waals surface area (Å²) in [7, 11) is 0. The van der Waals surface area contributed by atoms with Crippen molar-refractivity contribution in [2.24, 2.45) is 0 Å². The third kappa shape index (κ3) is 3.14. The van der Waals surface area contributed by atoms with Gasteiger partial charge in [-0.1, -0.05) is 6.07 Å². The highest BCUT2D eigenvalue weighted by Gasteiger charge is 2.01. The molecule has 14 heavy (non-hydrogen) atoms. The number of rotatable bonds is 5. The van der Waals surface area contributed by atoms with Gasteiger partial charge in [-0.15, -0.1) is 0 Å². The first-order chi connectivity index (χ1) is 6.75. The number of hydrogen-bond donors (Lipinski definition) is 1. The third-order valence-corrected chi connectivity index (χ3v) is 2.77. The third-order valence-electron chi connectivity index (χ3n) is 2.08. The average molecular weight is 211 g/mol. The minimum Gasteiger partial charge on any atom is -0.493 e. The highest BCUT2D eigenvalue weighted by atomic mass is 32.2. The lowest BCUT2D eigenvalue weighted by Crippen LogP contribution is -2.01. The number of nitrogen functional groups attached to an aromatic ring is 1. The van der Waals surface area contributed by atoms with Crippen LogP contribution in [-0.4, -0.2) is 18.6 Å². The molecular weight excluding hydrogens is 194 g/mol. The molecule has 0 bridgehead atoms. The van der Waals surface area contributed by atoms with Gasteiger partial charge in [0.2, 0.25) is 0 Å². The summed E-state index contributed by atoms with van der Waals surface area (Å²) in [5, 5.41) is 0. The van der Waals surface area contributed by atoms with Crippen LogP contribution in [0.1, 0.15) is 12.0 Å². The standard InChI is InChI=1S/C11H17NOS/c1-9-10(12)5-3-6-11(9)13-7-4-8-14-2/h3,5-6H,4,7-8,12H2,1-2H3. The highest BCUT2D eigenvalue weighted by Crippen LogP contribution is 2.22. The van der Waals surface area contributed by atoms with Crippen LogP contribution in [0, 0.1) is 6.92 Å². The van der Waals surface area contributed by atoms with Crippen LogP contribution in [0.5, 0.6) is 5.75 Å². The van der Waals surface area contributed by atoms with Gasteiger partial charge < -0.3 is 10.5 Å². The van der Waals surface area contributed by atoms with Crippen molar-refractivity contribution in [3.05, 3.63) is 23.8 Å². The summed E-state index contributed by atoms with van der Waals surface area (Å²) in [4.78, 5) is 0. The van der Waals surface area contributed by atoms with E-state index in [2.05, 4.69) is 6.26 Å². The molecule has 0 amide bonds. The minimum atomic E-state index is 0.769. The summed E-state index contributed by atoms with van der Waals surface area (Å²) in [5.74, 6) is 2.05. The van der Waals surface area contributed by atoms with Crippen LogP contribution in [0.3, 0.4) is 0 Å². The Morgan fingerprint density at radius 3 is 2.93 bits per heavy atom. The Labute approximate surface area is 89.8 Å². The van der Waals surface area contributed by atoms with Crippen molar-refractivity contribution in [2.45, 2.75) is 13.3 Å². The molecule has 0 fully saturated rings. The van der Waals surface area contributed by atoms with E-state index in [1.807, 2.05) is 36.9 Å². The first kappa shape index (κ1) is 11.2. The summed E-state index contributed by atoms with van der Waals surface area (Å²) >= 11 is 1.84. The van der Waals surface area contributed by atoms with Crippen molar-refractivity contribution >= 4 is 17.4 Å². The Morgan fingerprint density at radius 2 is 2.21 bits per heavy atom. The van der Waals surface area contributed by atoms with E-state index in [-0.39, 0.29) is 0 Å². The SMILES string of the molecule is CSCCCOc1cccc(N)c1C. The van der Waals surface area contributed by atoms with Gasteiger partial charge in [0, 0.05) is 11.3 Å². The van der Waals surface area contributed by atoms with Gasteiger partial charge in [-0.05, 0) is 37.5 Å². The second-order valence-corrected chi connectivity index (χ2v) is 4.15. The maximum absolute atomic E-state index is 5.77. The molecule has 0 aliphatic carbocycles. The van der Waals surface area contributed by atoms with Crippen LogP contribution in [-0.2, 0) is 0 Å². The van der Waals surface area contributed by atoms with E-state index in [0.29, 0.717) is 0 Å². The number of thioether (sulfide) groups is 1. The molecule has 0 heterocycles. The van der Waals surface area contributed by atoms with Crippen molar-refractivity contribution in [3.8, 4) is 5.75 Å². The quantitative estimate of drug-likeness (QED) is 0.601. The van der Waals surface area contributed by atoms with Crippen LogP contribution in [0.15, 0.2) is 18.2 Å². The van der Waals surface area contributed by atoms with Gasteiger partial charge in [0.05, 0.1) is 6.61 Å². The molecule has 0 aliphatic heterocycles. The molecule has 0 aliphatic rings. The second kappa shape index (κ2) is 5.81. The Balaban J connectivity index is 2.46. The fourth-order valence-electron chi connectivity index (χ4n) is 1.17. The molecule has 0 spiro atoms. The number of ether oxygens (including phenoxy) is 1. The van der Waals surface area contributed by atoms with Crippen molar-refractivity contribution in [1.29, 1.82) is 0 Å². The van der Waals surface area contributed by atoms with Crippen LogP contribution in [0.25, 0.3) is 0 Å². The van der Waals surface area contributed by atoms with Crippen LogP contribution < -0.4 is 10.5 Å². The van der Waals surface area contributed by atoms with Gasteiger partial charge in [0.1, 0.15) is 5.75 Å². The van der Waals surface area contributed by atoms with Gasteiger partial charge >= 0.3 is 0 Å². The number of hydrogen-bond acceptors (Lipinski definition) is 3. The number of benzene rings is 1. The van der Waals surface area contributed by atoms with Gasteiger partial charge in [0.25, 0.3) is 0 Å². The van der Waals surface area contributed by atoms with Crippen molar-refractivity contribution in [3.63, 3.8) is 0 Å². The Hall–Kier alpha value is -0.830. The zero-order chi connectivity index (χ0) is 10.4. The topological polar surface area (TPSA) is 35.2 Å². The summed E-state index contributed by atoms with van der Waals surface area (Å²) in [6.07, 6.45) is 3.18. The fraction of sp³-hybridized carbons (Fsp3) is 0.455. The summed E-state index contributed by atoms with van der Waals surface area (Å²) < 4.78 is 5.63. The summed E-state index contributed by atoms with van der Waals surface area (Å²) in [5.41, 5.74) is 7.60. The average Bonchev–Trinajstić information content (AvgIpc) is 2.19. The fourth-order valence-corrected chi connectivity index (χ4v) is 1.58. The minimum absolute atomic E-state index is 0.769. The Kier molecular flexibility index (Phi) is 4.66. The lowest BCUT2D eigenvalue weighted by Gasteiger charge is -2.09. The van der Waals surface area contributed by atoms with E-state index < -0.39 is 0 Å². The molecule has 0 saturated heterocycles. The second-order valence-electron chi connectivity index (χ2n) is 3.17. The zero-order valence-corrected chi connectivity index (χ0v) is 9.56. The Bertz CT molecular complexity index is 289. The van der Waals surface area contributed by atoms with E-state index in [4.69, 9.17) is 10.5 Å². The zero-order valence-electron chi connectivity index (χ0n) is 8.75. The summed E-state index contributed by atoms with van der Waals surface area (Å²) in [6.45, 7) is 2.75. The molecule has 1 rings (SSSR count). The predicted molar refractivity (Wildman–Crippen MR) is 64.1 cm³/mol. The lowest BCUT2D eigenvalue weighted by atomic mass is 10.2. The van der Waals surface area contributed by atoms with E-state index >= 15 is 0 Å². The molecule has 0 aromatic heterocycles. The number of anilines is 1. The number of nitrogens with two attached hydrogens (primary N) is 1. The van der Waals surface area contributed by atoms with Gasteiger partial charge in [0.15, 0.2) is 0 Å². The summed E-state index contributed by atoms with van der Waals surface area (Å²) in [6, 6.07) is 5.78. The Morgan fingerprint density at radius 1 is 1.43 bits per heavy atom. The van der Waals surface area contributed by atoms with Gasteiger partial charge in [-0.25, -0.2) is 0 Å². The van der Waals surface area contributed by atoms with Crippen molar-refractivity contribution < 1.29 is 4.74 Å². The van der Waals surface area contributed by atoms with E-state index in [1.54, 1.807) is 0 Å². The highest BCUT2D eigenvalue weighted by molar-refractivity contribution is 7.98. The smallest absolute Gasteiger partial charge is 0.124 e. The van der Waals surface area contributed by atoms with Crippen molar-refractivity contribution in [1.82, 2.24) is 0 Å². The lowest BCUT2D eigenvalue weighted by molar-refractivity contribution is 0.317. The van der Waals surface area contributed by atoms with Crippen molar-refractivity contribution in [2.75, 3.05) is 24.3 Å². The first-order valence-electron chi connectivity index (χ1n) is 4.72.